The highest BCUT2D eigenvalue weighted by atomic mass is 79.9. The molecule has 2 aliphatic heterocycles. The quantitative estimate of drug-likeness (QED) is 0.373. The fraction of sp³-hybridized carbons (Fsp3) is 0.400. The van der Waals surface area contributed by atoms with E-state index in [-0.39, 0.29) is 18.2 Å². The van der Waals surface area contributed by atoms with Crippen LogP contribution in [-0.4, -0.2) is 45.5 Å². The lowest BCUT2D eigenvalue weighted by atomic mass is 10.0. The summed E-state index contributed by atoms with van der Waals surface area (Å²) in [6, 6.07) is 8.42. The molecule has 0 amide bonds. The van der Waals surface area contributed by atoms with Crippen molar-refractivity contribution in [1.82, 2.24) is 15.0 Å². The lowest BCUT2D eigenvalue weighted by molar-refractivity contribution is -0.146. The second-order valence-electron chi connectivity index (χ2n) is 9.55. The summed E-state index contributed by atoms with van der Waals surface area (Å²) in [6.45, 7) is 4.80. The number of nitrogens with two attached hydrogens (primary N) is 1. The molecular formula is C25H25BrClN5O2. The van der Waals surface area contributed by atoms with Gasteiger partial charge in [-0.1, -0.05) is 29.8 Å². The van der Waals surface area contributed by atoms with Crippen molar-refractivity contribution < 1.29 is 9.47 Å². The molecule has 2 N–H and O–H groups in total. The van der Waals surface area contributed by atoms with E-state index in [0.717, 1.165) is 52.6 Å². The molecule has 1 saturated heterocycles. The summed E-state index contributed by atoms with van der Waals surface area (Å²) in [5, 5.41) is 1.60. The minimum atomic E-state index is -0.628. The Kier molecular flexibility index (Phi) is 5.33. The summed E-state index contributed by atoms with van der Waals surface area (Å²) in [6.07, 6.45) is 6.27. The van der Waals surface area contributed by atoms with Gasteiger partial charge in [-0.3, -0.25) is 0 Å². The van der Waals surface area contributed by atoms with Crippen molar-refractivity contribution in [3.8, 4) is 0 Å². The summed E-state index contributed by atoms with van der Waals surface area (Å²) in [5.74, 6) is 0.776. The SMILES string of the molecule is CC1(C)O[C@@H]2C(CCc3ccc4cc(Br)c(N)nc4c3)=CC(N3CCc4c(Cl)ncnc43)[C@@H]2O1. The Morgan fingerprint density at radius 3 is 2.91 bits per heavy atom. The molecule has 3 aliphatic rings. The van der Waals surface area contributed by atoms with Crippen LogP contribution in [0.5, 0.6) is 0 Å². The molecule has 34 heavy (non-hydrogen) atoms. The highest BCUT2D eigenvalue weighted by molar-refractivity contribution is 9.10. The number of hydrogen-bond acceptors (Lipinski definition) is 7. The molecule has 7 nitrogen and oxygen atoms in total. The molecule has 1 fully saturated rings. The van der Waals surface area contributed by atoms with Gasteiger partial charge in [0.05, 0.1) is 16.0 Å². The number of aromatic nitrogens is 3. The van der Waals surface area contributed by atoms with Gasteiger partial charge in [0, 0.05) is 17.5 Å². The Balaban J connectivity index is 1.27. The van der Waals surface area contributed by atoms with Crippen LogP contribution in [0.15, 0.2) is 46.7 Å². The first-order chi connectivity index (χ1) is 16.3. The number of nitrogen functional groups attached to an aromatic ring is 1. The normalized spacial score (nSPS) is 25.0. The Bertz CT molecular complexity index is 1330. The average molecular weight is 543 g/mol. The van der Waals surface area contributed by atoms with E-state index in [1.54, 1.807) is 0 Å². The summed E-state index contributed by atoms with van der Waals surface area (Å²) in [4.78, 5) is 15.5. The maximum absolute atomic E-state index is 6.39. The first kappa shape index (κ1) is 22.2. The highest BCUT2D eigenvalue weighted by Gasteiger charge is 2.52. The summed E-state index contributed by atoms with van der Waals surface area (Å²) in [7, 11) is 0. The summed E-state index contributed by atoms with van der Waals surface area (Å²) >= 11 is 9.79. The molecule has 2 aromatic heterocycles. The number of halogens is 2. The van der Waals surface area contributed by atoms with E-state index in [0.29, 0.717) is 11.0 Å². The minimum Gasteiger partial charge on any atom is -0.383 e. The van der Waals surface area contributed by atoms with Crippen LogP contribution in [0, 0.1) is 0 Å². The van der Waals surface area contributed by atoms with Crippen molar-refractivity contribution in [3.63, 3.8) is 0 Å². The molecule has 0 radical (unpaired) electrons. The maximum atomic E-state index is 6.39. The van der Waals surface area contributed by atoms with E-state index in [2.05, 4.69) is 60.1 Å². The van der Waals surface area contributed by atoms with E-state index in [9.17, 15) is 0 Å². The average Bonchev–Trinajstić information content (AvgIpc) is 3.45. The fourth-order valence-corrected chi connectivity index (χ4v) is 5.90. The van der Waals surface area contributed by atoms with Crippen molar-refractivity contribution in [2.75, 3.05) is 17.2 Å². The van der Waals surface area contributed by atoms with Crippen LogP contribution in [0.2, 0.25) is 5.15 Å². The third kappa shape index (κ3) is 3.77. The zero-order valence-corrected chi connectivity index (χ0v) is 21.3. The third-order valence-corrected chi connectivity index (χ3v) is 7.85. The van der Waals surface area contributed by atoms with Gasteiger partial charge in [-0.25, -0.2) is 15.0 Å². The second kappa shape index (κ2) is 8.16. The monoisotopic (exact) mass is 541 g/mol. The molecule has 4 heterocycles. The van der Waals surface area contributed by atoms with Crippen LogP contribution in [0.3, 0.4) is 0 Å². The zero-order chi connectivity index (χ0) is 23.6. The predicted octanol–water partition coefficient (Wildman–Crippen LogP) is 4.85. The first-order valence-electron chi connectivity index (χ1n) is 11.5. The Hall–Kier alpha value is -2.26. The number of hydrogen-bond donors (Lipinski definition) is 1. The molecule has 1 aromatic carbocycles. The highest BCUT2D eigenvalue weighted by Crippen LogP contribution is 2.44. The van der Waals surface area contributed by atoms with Crippen LogP contribution >= 0.6 is 27.5 Å². The van der Waals surface area contributed by atoms with Gasteiger partial charge in [0.2, 0.25) is 0 Å². The Morgan fingerprint density at radius 2 is 2.06 bits per heavy atom. The van der Waals surface area contributed by atoms with Crippen LogP contribution in [0.25, 0.3) is 10.9 Å². The summed E-state index contributed by atoms with van der Waals surface area (Å²) in [5.41, 5.74) is 10.4. The van der Waals surface area contributed by atoms with Crippen LogP contribution in [-0.2, 0) is 22.3 Å². The van der Waals surface area contributed by atoms with E-state index in [1.807, 2.05) is 19.9 Å². The number of anilines is 2. The van der Waals surface area contributed by atoms with Crippen molar-refractivity contribution in [2.24, 2.45) is 0 Å². The molecule has 3 atom stereocenters. The Labute approximate surface area is 211 Å². The molecule has 1 aliphatic carbocycles. The minimum absolute atomic E-state index is 0.0458. The summed E-state index contributed by atoms with van der Waals surface area (Å²) < 4.78 is 13.6. The van der Waals surface area contributed by atoms with E-state index >= 15 is 0 Å². The van der Waals surface area contributed by atoms with Crippen molar-refractivity contribution >= 4 is 50.1 Å². The topological polar surface area (TPSA) is 86.4 Å². The van der Waals surface area contributed by atoms with Crippen molar-refractivity contribution in [3.05, 3.63) is 63.0 Å². The van der Waals surface area contributed by atoms with E-state index in [1.165, 1.54) is 17.5 Å². The number of pyridine rings is 1. The van der Waals surface area contributed by atoms with Gasteiger partial charge in [-0.15, -0.1) is 0 Å². The van der Waals surface area contributed by atoms with E-state index < -0.39 is 5.79 Å². The molecule has 6 rings (SSSR count). The lowest BCUT2D eigenvalue weighted by Crippen LogP contribution is -2.43. The van der Waals surface area contributed by atoms with Crippen molar-refractivity contribution in [1.29, 1.82) is 0 Å². The number of rotatable bonds is 4. The Morgan fingerprint density at radius 1 is 1.21 bits per heavy atom. The molecule has 0 saturated carbocycles. The molecule has 176 valence electrons. The third-order valence-electron chi connectivity index (χ3n) is 6.89. The fourth-order valence-electron chi connectivity index (χ4n) is 5.35. The van der Waals surface area contributed by atoms with Gasteiger partial charge in [0.15, 0.2) is 5.79 Å². The molecule has 9 heteroatoms. The van der Waals surface area contributed by atoms with Crippen LogP contribution < -0.4 is 10.6 Å². The predicted molar refractivity (Wildman–Crippen MR) is 136 cm³/mol. The zero-order valence-electron chi connectivity index (χ0n) is 19.0. The van der Waals surface area contributed by atoms with Gasteiger partial charge < -0.3 is 20.1 Å². The van der Waals surface area contributed by atoms with Crippen LogP contribution in [0.1, 0.15) is 31.4 Å². The number of fused-ring (bicyclic) bond motifs is 3. The second-order valence-corrected chi connectivity index (χ2v) is 10.8. The standard InChI is InChI=1S/C25H25BrClN5O2/c1-25(2)33-20-15(6-4-13-3-5-14-10-17(26)23(28)31-18(14)9-13)11-19(21(20)34-25)32-8-7-16-22(27)29-12-30-24(16)32/h3,5,9-12,19-21H,4,6-8H2,1-2H3,(H2,28,31)/t19?,20-,21+/m1/s1. The number of nitrogens with zero attached hydrogens (tertiary/aromatic N) is 4. The smallest absolute Gasteiger partial charge is 0.164 e. The van der Waals surface area contributed by atoms with Gasteiger partial charge >= 0.3 is 0 Å². The van der Waals surface area contributed by atoms with Gasteiger partial charge in [-0.2, -0.15) is 0 Å². The number of ether oxygens (including phenoxy) is 2. The lowest BCUT2D eigenvalue weighted by Gasteiger charge is -2.29. The van der Waals surface area contributed by atoms with Gasteiger partial charge in [-0.05, 0) is 72.3 Å². The first-order valence-corrected chi connectivity index (χ1v) is 12.6. The number of aryl methyl sites for hydroxylation is 1. The largest absolute Gasteiger partial charge is 0.383 e. The molecule has 0 bridgehead atoms. The van der Waals surface area contributed by atoms with Crippen molar-refractivity contribution in [2.45, 2.75) is 57.1 Å². The molecular weight excluding hydrogens is 518 g/mol. The van der Waals surface area contributed by atoms with Gasteiger partial charge in [0.1, 0.15) is 35.3 Å². The molecule has 0 spiro atoms. The van der Waals surface area contributed by atoms with E-state index in [4.69, 9.17) is 26.8 Å². The maximum Gasteiger partial charge on any atom is 0.164 e. The van der Waals surface area contributed by atoms with Crippen LogP contribution in [0.4, 0.5) is 11.6 Å². The van der Waals surface area contributed by atoms with Gasteiger partial charge in [0.25, 0.3) is 0 Å². The molecule has 1 unspecified atom stereocenters. The molecule has 3 aromatic rings. The number of benzene rings is 1.